The number of nitrogens with zero attached hydrogens (tertiary/aromatic N) is 2. The molecule has 0 saturated carbocycles. The number of hydrogen-bond acceptors (Lipinski definition) is 2. The van der Waals surface area contributed by atoms with Crippen molar-refractivity contribution in [2.75, 3.05) is 0 Å². The summed E-state index contributed by atoms with van der Waals surface area (Å²) in [4.78, 5) is 5.73. The zero-order valence-corrected chi connectivity index (χ0v) is 8.95. The third kappa shape index (κ3) is 1.55. The van der Waals surface area contributed by atoms with Crippen molar-refractivity contribution in [3.8, 4) is 0 Å². The number of benzene rings is 1. The fourth-order valence-corrected chi connectivity index (χ4v) is 2.41. The molecule has 0 saturated heterocycles. The van der Waals surface area contributed by atoms with E-state index in [-0.39, 0.29) is 0 Å². The second-order valence-corrected chi connectivity index (χ2v) is 4.47. The van der Waals surface area contributed by atoms with Crippen molar-refractivity contribution in [2.24, 2.45) is 0 Å². The molecule has 3 rings (SSSR count). The minimum atomic E-state index is 0.915. The molecule has 3 heteroatoms. The van der Waals surface area contributed by atoms with Crippen molar-refractivity contribution in [1.82, 2.24) is 9.55 Å². The van der Waals surface area contributed by atoms with Crippen LogP contribution in [-0.2, 0) is 6.54 Å². The Labute approximate surface area is 91.8 Å². The quantitative estimate of drug-likeness (QED) is 0.640. The monoisotopic (exact) mass is 214 g/mol. The molecule has 0 bridgehead atoms. The van der Waals surface area contributed by atoms with E-state index in [1.165, 1.54) is 10.4 Å². The van der Waals surface area contributed by atoms with Gasteiger partial charge in [0.15, 0.2) is 0 Å². The molecule has 1 aromatic carbocycles. The first-order chi connectivity index (χ1) is 7.43. The zero-order chi connectivity index (χ0) is 10.1. The molecule has 0 fully saturated rings. The van der Waals surface area contributed by atoms with Crippen LogP contribution in [0, 0.1) is 0 Å². The number of imidazole rings is 1. The topological polar surface area (TPSA) is 17.8 Å². The predicted octanol–water partition coefficient (Wildman–Crippen LogP) is 3.15. The second kappa shape index (κ2) is 3.51. The Balaban J connectivity index is 2.05. The lowest BCUT2D eigenvalue weighted by molar-refractivity contribution is 0.838. The molecular formula is C12H10N2S. The van der Waals surface area contributed by atoms with Crippen LogP contribution in [0.25, 0.3) is 11.0 Å². The van der Waals surface area contributed by atoms with E-state index in [2.05, 4.69) is 39.2 Å². The van der Waals surface area contributed by atoms with Gasteiger partial charge in [0.05, 0.1) is 23.9 Å². The maximum atomic E-state index is 4.37. The molecule has 0 atom stereocenters. The lowest BCUT2D eigenvalue weighted by atomic mass is 10.3. The van der Waals surface area contributed by atoms with E-state index >= 15 is 0 Å². The maximum Gasteiger partial charge on any atom is 0.0961 e. The molecular weight excluding hydrogens is 204 g/mol. The zero-order valence-electron chi connectivity index (χ0n) is 8.13. The number of fused-ring (bicyclic) bond motifs is 1. The average Bonchev–Trinajstić information content (AvgIpc) is 2.89. The first-order valence-electron chi connectivity index (χ1n) is 4.86. The highest BCUT2D eigenvalue weighted by molar-refractivity contribution is 7.09. The molecule has 0 amide bonds. The third-order valence-corrected chi connectivity index (χ3v) is 3.29. The average molecular weight is 214 g/mol. The summed E-state index contributed by atoms with van der Waals surface area (Å²) in [5.41, 5.74) is 2.26. The Bertz CT molecular complexity index is 566. The van der Waals surface area contributed by atoms with Crippen LogP contribution in [0.5, 0.6) is 0 Å². The van der Waals surface area contributed by atoms with Gasteiger partial charge in [-0.2, -0.15) is 0 Å². The maximum absolute atomic E-state index is 4.37. The van der Waals surface area contributed by atoms with Crippen LogP contribution in [0.3, 0.4) is 0 Å². The van der Waals surface area contributed by atoms with Gasteiger partial charge < -0.3 is 4.57 Å². The highest BCUT2D eigenvalue weighted by atomic mass is 32.1. The minimum Gasteiger partial charge on any atom is -0.325 e. The Kier molecular flexibility index (Phi) is 2.03. The predicted molar refractivity (Wildman–Crippen MR) is 63.2 cm³/mol. The van der Waals surface area contributed by atoms with E-state index in [1.807, 2.05) is 18.5 Å². The summed E-state index contributed by atoms with van der Waals surface area (Å²) in [6.45, 7) is 0.915. The lowest BCUT2D eigenvalue weighted by Gasteiger charge is -2.00. The summed E-state index contributed by atoms with van der Waals surface area (Å²) in [5.74, 6) is 0. The smallest absolute Gasteiger partial charge is 0.0961 e. The fraction of sp³-hybridized carbons (Fsp3) is 0.0833. The van der Waals surface area contributed by atoms with Crippen LogP contribution < -0.4 is 0 Å². The second-order valence-electron chi connectivity index (χ2n) is 3.44. The van der Waals surface area contributed by atoms with Crippen LogP contribution >= 0.6 is 11.3 Å². The van der Waals surface area contributed by atoms with Gasteiger partial charge in [0, 0.05) is 4.88 Å². The van der Waals surface area contributed by atoms with Crippen molar-refractivity contribution in [3.05, 3.63) is 53.0 Å². The molecule has 0 N–H and O–H groups in total. The largest absolute Gasteiger partial charge is 0.325 e. The Morgan fingerprint density at radius 2 is 2.07 bits per heavy atom. The van der Waals surface area contributed by atoms with Gasteiger partial charge in [0.1, 0.15) is 0 Å². The summed E-state index contributed by atoms with van der Waals surface area (Å²) in [6, 6.07) is 12.5. The molecule has 0 radical (unpaired) electrons. The van der Waals surface area contributed by atoms with Gasteiger partial charge in [-0.25, -0.2) is 4.98 Å². The molecule has 0 aliphatic rings. The van der Waals surface area contributed by atoms with Gasteiger partial charge in [-0.15, -0.1) is 11.3 Å². The number of thiophene rings is 1. The number of rotatable bonds is 2. The molecule has 0 aliphatic heterocycles. The van der Waals surface area contributed by atoms with Crippen LogP contribution in [0.4, 0.5) is 0 Å². The van der Waals surface area contributed by atoms with Crippen LogP contribution in [0.2, 0.25) is 0 Å². The summed E-state index contributed by atoms with van der Waals surface area (Å²) in [7, 11) is 0. The molecule has 74 valence electrons. The highest BCUT2D eigenvalue weighted by Gasteiger charge is 2.01. The van der Waals surface area contributed by atoms with E-state index in [1.54, 1.807) is 11.3 Å². The highest BCUT2D eigenvalue weighted by Crippen LogP contribution is 2.16. The molecule has 2 heterocycles. The summed E-state index contributed by atoms with van der Waals surface area (Å²) < 4.78 is 2.18. The van der Waals surface area contributed by atoms with Gasteiger partial charge in [-0.05, 0) is 23.6 Å². The van der Waals surface area contributed by atoms with Crippen molar-refractivity contribution in [1.29, 1.82) is 0 Å². The number of para-hydroxylation sites is 2. The molecule has 0 aliphatic carbocycles. The summed E-state index contributed by atoms with van der Waals surface area (Å²) in [6.07, 6.45) is 1.91. The van der Waals surface area contributed by atoms with Crippen molar-refractivity contribution in [2.45, 2.75) is 6.54 Å². The Morgan fingerprint density at radius 1 is 1.13 bits per heavy atom. The summed E-state index contributed by atoms with van der Waals surface area (Å²) >= 11 is 1.78. The van der Waals surface area contributed by atoms with E-state index in [0.29, 0.717) is 0 Å². The van der Waals surface area contributed by atoms with Gasteiger partial charge >= 0.3 is 0 Å². The van der Waals surface area contributed by atoms with Crippen LogP contribution in [0.1, 0.15) is 4.88 Å². The molecule has 0 unspecified atom stereocenters. The van der Waals surface area contributed by atoms with Crippen molar-refractivity contribution < 1.29 is 0 Å². The molecule has 15 heavy (non-hydrogen) atoms. The van der Waals surface area contributed by atoms with Crippen molar-refractivity contribution in [3.63, 3.8) is 0 Å². The van der Waals surface area contributed by atoms with Gasteiger partial charge in [0.2, 0.25) is 0 Å². The van der Waals surface area contributed by atoms with Crippen LogP contribution in [0.15, 0.2) is 48.1 Å². The molecule has 0 spiro atoms. The first kappa shape index (κ1) is 8.68. The Hall–Kier alpha value is -1.61. The van der Waals surface area contributed by atoms with E-state index in [4.69, 9.17) is 0 Å². The fourth-order valence-electron chi connectivity index (χ4n) is 1.71. The van der Waals surface area contributed by atoms with E-state index < -0.39 is 0 Å². The van der Waals surface area contributed by atoms with Crippen LogP contribution in [-0.4, -0.2) is 9.55 Å². The minimum absolute atomic E-state index is 0.915. The molecule has 2 aromatic heterocycles. The third-order valence-electron chi connectivity index (χ3n) is 2.43. The number of hydrogen-bond donors (Lipinski definition) is 0. The van der Waals surface area contributed by atoms with E-state index in [9.17, 15) is 0 Å². The normalized spacial score (nSPS) is 10.9. The number of aromatic nitrogens is 2. The van der Waals surface area contributed by atoms with Gasteiger partial charge in [0.25, 0.3) is 0 Å². The standard InChI is InChI=1S/C12H10N2S/c1-2-6-12-11(5-1)13-9-14(12)8-10-4-3-7-15-10/h1-7,9H,8H2. The van der Waals surface area contributed by atoms with Crippen molar-refractivity contribution >= 4 is 22.4 Å². The van der Waals surface area contributed by atoms with Gasteiger partial charge in [-0.1, -0.05) is 18.2 Å². The summed E-state index contributed by atoms with van der Waals surface area (Å²) in [5, 5.41) is 2.11. The Morgan fingerprint density at radius 3 is 2.93 bits per heavy atom. The molecule has 2 nitrogen and oxygen atoms in total. The molecule has 3 aromatic rings. The van der Waals surface area contributed by atoms with Gasteiger partial charge in [-0.3, -0.25) is 0 Å². The van der Waals surface area contributed by atoms with E-state index in [0.717, 1.165) is 12.1 Å². The SMILES string of the molecule is c1csc(Cn2cnc3ccccc32)c1. The first-order valence-corrected chi connectivity index (χ1v) is 5.74. The lowest BCUT2D eigenvalue weighted by Crippen LogP contribution is -1.94.